The summed E-state index contributed by atoms with van der Waals surface area (Å²) in [6, 6.07) is 0.431. The molecule has 1 heterocycles. The van der Waals surface area contributed by atoms with Gasteiger partial charge in [0, 0.05) is 12.5 Å². The van der Waals surface area contributed by atoms with Crippen LogP contribution in [0.15, 0.2) is 0 Å². The third-order valence-electron chi connectivity index (χ3n) is 4.15. The lowest BCUT2D eigenvalue weighted by atomic mass is 9.96. The Morgan fingerprint density at radius 2 is 2.07 bits per heavy atom. The highest BCUT2D eigenvalue weighted by Gasteiger charge is 2.31. The van der Waals surface area contributed by atoms with E-state index in [0.717, 1.165) is 25.4 Å². The minimum Gasteiger partial charge on any atom is -0.353 e. The molecule has 86 valence electrons. The molecule has 2 rings (SSSR count). The van der Waals surface area contributed by atoms with Crippen LogP contribution >= 0.6 is 0 Å². The Morgan fingerprint density at radius 1 is 1.33 bits per heavy atom. The first kappa shape index (κ1) is 10.9. The molecule has 0 aromatic heterocycles. The third kappa shape index (κ3) is 2.51. The largest absolute Gasteiger partial charge is 0.353 e. The van der Waals surface area contributed by atoms with E-state index in [4.69, 9.17) is 0 Å². The van der Waals surface area contributed by atoms with Crippen molar-refractivity contribution in [3.05, 3.63) is 0 Å². The lowest BCUT2D eigenvalue weighted by molar-refractivity contribution is -0.123. The van der Waals surface area contributed by atoms with Crippen molar-refractivity contribution < 1.29 is 4.79 Å². The van der Waals surface area contributed by atoms with Crippen molar-refractivity contribution in [3.63, 3.8) is 0 Å². The van der Waals surface area contributed by atoms with E-state index in [2.05, 4.69) is 24.5 Å². The summed E-state index contributed by atoms with van der Waals surface area (Å²) in [5.41, 5.74) is 0. The Labute approximate surface area is 92.0 Å². The van der Waals surface area contributed by atoms with E-state index in [1.807, 2.05) is 0 Å². The van der Waals surface area contributed by atoms with Gasteiger partial charge in [-0.05, 0) is 43.7 Å². The lowest BCUT2D eigenvalue weighted by Gasteiger charge is -2.27. The number of carbonyl (C=O) groups is 1. The number of nitrogens with one attached hydrogen (secondary N) is 2. The average Bonchev–Trinajstić information content (AvgIpc) is 2.43. The maximum absolute atomic E-state index is 11.7. The van der Waals surface area contributed by atoms with E-state index in [1.54, 1.807) is 0 Å². The second kappa shape index (κ2) is 4.52. The molecule has 3 nitrogen and oxygen atoms in total. The fourth-order valence-corrected chi connectivity index (χ4v) is 2.59. The molecule has 3 heteroatoms. The van der Waals surface area contributed by atoms with E-state index in [-0.39, 0.29) is 5.91 Å². The van der Waals surface area contributed by atoms with Crippen LogP contribution in [0, 0.1) is 17.8 Å². The van der Waals surface area contributed by atoms with Crippen molar-refractivity contribution in [2.24, 2.45) is 17.8 Å². The number of carbonyl (C=O) groups excluding carboxylic acids is 1. The number of hydrogen-bond acceptors (Lipinski definition) is 2. The molecular weight excluding hydrogens is 188 g/mol. The van der Waals surface area contributed by atoms with Crippen molar-refractivity contribution in [1.82, 2.24) is 10.6 Å². The summed E-state index contributed by atoms with van der Waals surface area (Å²) in [6.45, 7) is 6.58. The summed E-state index contributed by atoms with van der Waals surface area (Å²) in [7, 11) is 0. The molecule has 2 aliphatic rings. The molecule has 0 bridgehead atoms. The van der Waals surface area contributed by atoms with Gasteiger partial charge in [0.15, 0.2) is 0 Å². The molecule has 3 unspecified atom stereocenters. The van der Waals surface area contributed by atoms with Crippen LogP contribution in [0.25, 0.3) is 0 Å². The summed E-state index contributed by atoms with van der Waals surface area (Å²) in [5.74, 6) is 2.25. The van der Waals surface area contributed by atoms with E-state index in [9.17, 15) is 4.79 Å². The maximum Gasteiger partial charge on any atom is 0.220 e. The number of amides is 1. The average molecular weight is 210 g/mol. The van der Waals surface area contributed by atoms with Crippen molar-refractivity contribution in [2.75, 3.05) is 13.1 Å². The zero-order valence-corrected chi connectivity index (χ0v) is 9.75. The van der Waals surface area contributed by atoms with E-state index in [1.165, 1.54) is 6.42 Å². The fourth-order valence-electron chi connectivity index (χ4n) is 2.59. The second-order valence-corrected chi connectivity index (χ2v) is 5.32. The highest BCUT2D eigenvalue weighted by Crippen LogP contribution is 2.31. The summed E-state index contributed by atoms with van der Waals surface area (Å²) in [5, 5.41) is 6.39. The predicted molar refractivity (Wildman–Crippen MR) is 60.5 cm³/mol. The van der Waals surface area contributed by atoms with Gasteiger partial charge >= 0.3 is 0 Å². The SMILES string of the molecule is CC1CCC(NC(=O)CC2CNC2)C1C. The predicted octanol–water partition coefficient (Wildman–Crippen LogP) is 1.15. The molecule has 0 radical (unpaired) electrons. The highest BCUT2D eigenvalue weighted by atomic mass is 16.1. The van der Waals surface area contributed by atoms with Gasteiger partial charge in [-0.3, -0.25) is 4.79 Å². The molecular formula is C12H22N2O. The molecule has 1 amide bonds. The van der Waals surface area contributed by atoms with Crippen LogP contribution in [0.5, 0.6) is 0 Å². The van der Waals surface area contributed by atoms with Gasteiger partial charge in [0.1, 0.15) is 0 Å². The normalized spacial score (nSPS) is 36.3. The van der Waals surface area contributed by atoms with Gasteiger partial charge in [-0.1, -0.05) is 13.8 Å². The zero-order chi connectivity index (χ0) is 10.8. The van der Waals surface area contributed by atoms with Crippen LogP contribution in [0.2, 0.25) is 0 Å². The highest BCUT2D eigenvalue weighted by molar-refractivity contribution is 5.76. The van der Waals surface area contributed by atoms with Crippen LogP contribution in [0.1, 0.15) is 33.1 Å². The Morgan fingerprint density at radius 3 is 2.53 bits per heavy atom. The minimum atomic E-state index is 0.257. The summed E-state index contributed by atoms with van der Waals surface area (Å²) in [6.07, 6.45) is 3.14. The van der Waals surface area contributed by atoms with Crippen molar-refractivity contribution in [2.45, 2.75) is 39.2 Å². The summed E-state index contributed by atoms with van der Waals surface area (Å²) < 4.78 is 0. The van der Waals surface area contributed by atoms with E-state index >= 15 is 0 Å². The first-order valence-corrected chi connectivity index (χ1v) is 6.17. The molecule has 0 aromatic rings. The van der Waals surface area contributed by atoms with Gasteiger partial charge in [-0.15, -0.1) is 0 Å². The Hall–Kier alpha value is -0.570. The quantitative estimate of drug-likeness (QED) is 0.733. The molecule has 2 N–H and O–H groups in total. The van der Waals surface area contributed by atoms with Crippen LogP contribution < -0.4 is 10.6 Å². The fraction of sp³-hybridized carbons (Fsp3) is 0.917. The first-order valence-electron chi connectivity index (χ1n) is 6.17. The van der Waals surface area contributed by atoms with Crippen molar-refractivity contribution in [3.8, 4) is 0 Å². The van der Waals surface area contributed by atoms with Crippen LogP contribution in [0.3, 0.4) is 0 Å². The standard InChI is InChI=1S/C12H22N2O/c1-8-3-4-11(9(8)2)14-12(15)5-10-6-13-7-10/h8-11,13H,3-7H2,1-2H3,(H,14,15). The van der Waals surface area contributed by atoms with Crippen LogP contribution in [-0.2, 0) is 4.79 Å². The summed E-state index contributed by atoms with van der Waals surface area (Å²) in [4.78, 5) is 11.7. The number of hydrogen-bond donors (Lipinski definition) is 2. The minimum absolute atomic E-state index is 0.257. The van der Waals surface area contributed by atoms with Crippen molar-refractivity contribution in [1.29, 1.82) is 0 Å². The molecule has 3 atom stereocenters. The van der Waals surface area contributed by atoms with Crippen molar-refractivity contribution >= 4 is 5.91 Å². The molecule has 0 spiro atoms. The molecule has 1 saturated carbocycles. The Balaban J connectivity index is 1.73. The Bertz CT molecular complexity index is 238. The maximum atomic E-state index is 11.7. The van der Waals surface area contributed by atoms with Gasteiger partial charge in [-0.25, -0.2) is 0 Å². The summed E-state index contributed by atoms with van der Waals surface area (Å²) >= 11 is 0. The van der Waals surface area contributed by atoms with Gasteiger partial charge in [-0.2, -0.15) is 0 Å². The van der Waals surface area contributed by atoms with Crippen LogP contribution in [-0.4, -0.2) is 25.0 Å². The van der Waals surface area contributed by atoms with Gasteiger partial charge in [0.2, 0.25) is 5.91 Å². The Kier molecular flexibility index (Phi) is 3.29. The van der Waals surface area contributed by atoms with Gasteiger partial charge in [0.05, 0.1) is 0 Å². The van der Waals surface area contributed by atoms with Gasteiger partial charge < -0.3 is 10.6 Å². The topological polar surface area (TPSA) is 41.1 Å². The molecule has 2 fully saturated rings. The van der Waals surface area contributed by atoms with Gasteiger partial charge in [0.25, 0.3) is 0 Å². The van der Waals surface area contributed by atoms with E-state index in [0.29, 0.717) is 24.3 Å². The molecule has 1 aliphatic heterocycles. The smallest absolute Gasteiger partial charge is 0.220 e. The first-order chi connectivity index (χ1) is 7.16. The second-order valence-electron chi connectivity index (χ2n) is 5.32. The van der Waals surface area contributed by atoms with E-state index < -0.39 is 0 Å². The molecule has 1 saturated heterocycles. The molecule has 0 aromatic carbocycles. The lowest BCUT2D eigenvalue weighted by Crippen LogP contribution is -2.46. The van der Waals surface area contributed by atoms with Crippen LogP contribution in [0.4, 0.5) is 0 Å². The zero-order valence-electron chi connectivity index (χ0n) is 9.75. The monoisotopic (exact) mass is 210 g/mol. The number of rotatable bonds is 3. The molecule has 15 heavy (non-hydrogen) atoms. The molecule has 1 aliphatic carbocycles. The third-order valence-corrected chi connectivity index (χ3v) is 4.15.